The second-order valence-corrected chi connectivity index (χ2v) is 3.22. The highest BCUT2D eigenvalue weighted by atomic mass is 16.6. The molecule has 0 heterocycles. The van der Waals surface area contributed by atoms with E-state index >= 15 is 0 Å². The van der Waals surface area contributed by atoms with Crippen LogP contribution in [0.4, 0.5) is 17.1 Å². The average Bonchev–Trinajstić information content (AvgIpc) is 2.18. The lowest BCUT2D eigenvalue weighted by atomic mass is 10.1. The van der Waals surface area contributed by atoms with Crippen LogP contribution in [0.1, 0.15) is 5.56 Å². The van der Waals surface area contributed by atoms with Gasteiger partial charge in [-0.1, -0.05) is 0 Å². The molecule has 5 N–H and O–H groups in total. The zero-order valence-electron chi connectivity index (χ0n) is 8.49. The van der Waals surface area contributed by atoms with Gasteiger partial charge in [0.15, 0.2) is 0 Å². The number of nitrogens with zero attached hydrogens (tertiary/aromatic N) is 1. The third kappa shape index (κ3) is 2.57. The van der Waals surface area contributed by atoms with E-state index in [-0.39, 0.29) is 11.4 Å². The number of hydrogen-bond donors (Lipinski definition) is 3. The highest BCUT2D eigenvalue weighted by molar-refractivity contribution is 5.67. The number of nitrogens with one attached hydrogen (secondary N) is 1. The first kappa shape index (κ1) is 11.3. The minimum absolute atomic E-state index is 0.138. The summed E-state index contributed by atoms with van der Waals surface area (Å²) in [6.07, 6.45) is 0.699. The monoisotopic (exact) mass is 210 g/mol. The summed E-state index contributed by atoms with van der Waals surface area (Å²) in [6.45, 7) is 0.751. The molecule has 0 aliphatic carbocycles. The molecular formula is C9H14N4O2. The van der Waals surface area contributed by atoms with Gasteiger partial charge < -0.3 is 16.8 Å². The Hall–Kier alpha value is -1.82. The van der Waals surface area contributed by atoms with E-state index in [1.165, 1.54) is 6.07 Å². The van der Waals surface area contributed by atoms with Crippen LogP contribution in [0, 0.1) is 10.1 Å². The number of nitro groups is 1. The quantitative estimate of drug-likeness (QED) is 0.381. The van der Waals surface area contributed by atoms with E-state index in [1.807, 2.05) is 7.05 Å². The Bertz CT molecular complexity index is 379. The molecule has 6 heteroatoms. The number of likely N-dealkylation sites (N-methyl/N-ethyl adjacent to an activating group) is 1. The van der Waals surface area contributed by atoms with Crippen molar-refractivity contribution in [3.05, 3.63) is 27.8 Å². The fourth-order valence-corrected chi connectivity index (χ4v) is 1.30. The Morgan fingerprint density at radius 2 is 2.07 bits per heavy atom. The second kappa shape index (κ2) is 4.61. The lowest BCUT2D eigenvalue weighted by Crippen LogP contribution is -2.12. The van der Waals surface area contributed by atoms with Crippen LogP contribution in [0.3, 0.4) is 0 Å². The normalized spacial score (nSPS) is 10.2. The van der Waals surface area contributed by atoms with Crippen LogP contribution in [0.15, 0.2) is 12.1 Å². The van der Waals surface area contributed by atoms with E-state index in [1.54, 1.807) is 6.07 Å². The highest BCUT2D eigenvalue weighted by Gasteiger charge is 2.14. The Labute approximate surface area is 87.4 Å². The van der Waals surface area contributed by atoms with E-state index < -0.39 is 4.92 Å². The minimum Gasteiger partial charge on any atom is -0.398 e. The van der Waals surface area contributed by atoms with Crippen LogP contribution in [0.5, 0.6) is 0 Å². The van der Waals surface area contributed by atoms with Crippen molar-refractivity contribution in [2.45, 2.75) is 6.42 Å². The number of nitrogen functional groups attached to an aromatic ring is 2. The van der Waals surface area contributed by atoms with Crippen molar-refractivity contribution in [2.24, 2.45) is 0 Å². The van der Waals surface area contributed by atoms with Crippen molar-refractivity contribution in [2.75, 3.05) is 25.1 Å². The summed E-state index contributed by atoms with van der Waals surface area (Å²) in [6, 6.07) is 2.87. The third-order valence-electron chi connectivity index (χ3n) is 2.13. The molecule has 1 aromatic carbocycles. The standard InChI is InChI=1S/C9H14N4O2/c1-12-3-2-6-4-8(11)9(13(14)15)5-7(6)10/h4-5,12H,2-3,10-11H2,1H3. The van der Waals surface area contributed by atoms with E-state index in [0.717, 1.165) is 12.1 Å². The van der Waals surface area contributed by atoms with Crippen molar-refractivity contribution < 1.29 is 4.92 Å². The minimum atomic E-state index is -0.534. The fourth-order valence-electron chi connectivity index (χ4n) is 1.30. The third-order valence-corrected chi connectivity index (χ3v) is 2.13. The molecule has 0 aromatic heterocycles. The van der Waals surface area contributed by atoms with Gasteiger partial charge in [-0.05, 0) is 31.6 Å². The number of nitro benzene ring substituents is 1. The maximum Gasteiger partial charge on any atom is 0.294 e. The average molecular weight is 210 g/mol. The lowest BCUT2D eigenvalue weighted by molar-refractivity contribution is -0.383. The molecule has 0 radical (unpaired) electrons. The van der Waals surface area contributed by atoms with E-state index in [9.17, 15) is 10.1 Å². The molecule has 1 rings (SSSR count). The summed E-state index contributed by atoms with van der Waals surface area (Å²) in [7, 11) is 1.82. The molecule has 6 nitrogen and oxygen atoms in total. The number of rotatable bonds is 4. The lowest BCUT2D eigenvalue weighted by Gasteiger charge is -2.06. The zero-order chi connectivity index (χ0) is 11.4. The Morgan fingerprint density at radius 3 is 2.60 bits per heavy atom. The van der Waals surface area contributed by atoms with Gasteiger partial charge in [0.25, 0.3) is 5.69 Å². The Morgan fingerprint density at radius 1 is 1.40 bits per heavy atom. The van der Waals surface area contributed by atoms with Crippen LogP contribution < -0.4 is 16.8 Å². The first-order chi connectivity index (χ1) is 7.06. The zero-order valence-corrected chi connectivity index (χ0v) is 8.49. The van der Waals surface area contributed by atoms with Crippen LogP contribution in [-0.2, 0) is 6.42 Å². The number of anilines is 2. The van der Waals surface area contributed by atoms with Gasteiger partial charge in [0, 0.05) is 11.8 Å². The van der Waals surface area contributed by atoms with Gasteiger partial charge in [-0.15, -0.1) is 0 Å². The summed E-state index contributed by atoms with van der Waals surface area (Å²) < 4.78 is 0. The van der Waals surface area contributed by atoms with Crippen molar-refractivity contribution >= 4 is 17.1 Å². The highest BCUT2D eigenvalue weighted by Crippen LogP contribution is 2.27. The molecule has 0 atom stereocenters. The summed E-state index contributed by atoms with van der Waals surface area (Å²) in [5.41, 5.74) is 12.5. The van der Waals surface area contributed by atoms with Crippen molar-refractivity contribution in [1.82, 2.24) is 5.32 Å². The van der Waals surface area contributed by atoms with Gasteiger partial charge in [-0.2, -0.15) is 0 Å². The largest absolute Gasteiger partial charge is 0.398 e. The van der Waals surface area contributed by atoms with Gasteiger partial charge in [0.2, 0.25) is 0 Å². The molecular weight excluding hydrogens is 196 g/mol. The van der Waals surface area contributed by atoms with Gasteiger partial charge in [-0.3, -0.25) is 10.1 Å². The van der Waals surface area contributed by atoms with E-state index in [2.05, 4.69) is 5.32 Å². The van der Waals surface area contributed by atoms with E-state index in [0.29, 0.717) is 12.1 Å². The molecule has 0 aliphatic rings. The molecule has 0 spiro atoms. The predicted molar refractivity (Wildman–Crippen MR) is 59.6 cm³/mol. The molecule has 0 fully saturated rings. The fraction of sp³-hybridized carbons (Fsp3) is 0.333. The van der Waals surface area contributed by atoms with Crippen LogP contribution >= 0.6 is 0 Å². The molecule has 0 saturated carbocycles. The molecule has 1 aromatic rings. The number of benzene rings is 1. The summed E-state index contributed by atoms with van der Waals surface area (Å²) >= 11 is 0. The summed E-state index contributed by atoms with van der Waals surface area (Å²) in [5, 5.41) is 13.5. The smallest absolute Gasteiger partial charge is 0.294 e. The molecule has 0 aliphatic heterocycles. The van der Waals surface area contributed by atoms with Crippen molar-refractivity contribution in [1.29, 1.82) is 0 Å². The van der Waals surface area contributed by atoms with Gasteiger partial charge >= 0.3 is 0 Å². The van der Waals surface area contributed by atoms with Gasteiger partial charge in [0.05, 0.1) is 4.92 Å². The molecule has 0 bridgehead atoms. The van der Waals surface area contributed by atoms with Gasteiger partial charge in [0.1, 0.15) is 5.69 Å². The number of nitrogens with two attached hydrogens (primary N) is 2. The maximum atomic E-state index is 10.6. The maximum absolute atomic E-state index is 10.6. The number of hydrogen-bond acceptors (Lipinski definition) is 5. The summed E-state index contributed by atoms with van der Waals surface area (Å²) in [5.74, 6) is 0. The molecule has 0 saturated heterocycles. The topological polar surface area (TPSA) is 107 Å². The molecule has 82 valence electrons. The first-order valence-electron chi connectivity index (χ1n) is 4.53. The Balaban J connectivity index is 3.02. The predicted octanol–water partition coefficient (Wildman–Crippen LogP) is 0.521. The van der Waals surface area contributed by atoms with Crippen molar-refractivity contribution in [3.63, 3.8) is 0 Å². The van der Waals surface area contributed by atoms with E-state index in [4.69, 9.17) is 11.5 Å². The van der Waals surface area contributed by atoms with Crippen LogP contribution in [0.25, 0.3) is 0 Å². The summed E-state index contributed by atoms with van der Waals surface area (Å²) in [4.78, 5) is 10.0. The van der Waals surface area contributed by atoms with Crippen LogP contribution in [0.2, 0.25) is 0 Å². The molecule has 0 unspecified atom stereocenters. The molecule has 0 amide bonds. The SMILES string of the molecule is CNCCc1cc(N)c([N+](=O)[O-])cc1N. The second-order valence-electron chi connectivity index (χ2n) is 3.22. The first-order valence-corrected chi connectivity index (χ1v) is 4.53. The van der Waals surface area contributed by atoms with Gasteiger partial charge in [-0.25, -0.2) is 0 Å². The Kier molecular flexibility index (Phi) is 3.46. The van der Waals surface area contributed by atoms with Crippen LogP contribution in [-0.4, -0.2) is 18.5 Å². The van der Waals surface area contributed by atoms with Crippen molar-refractivity contribution in [3.8, 4) is 0 Å². The molecule has 15 heavy (non-hydrogen) atoms.